The molecule has 0 amide bonds. The number of nitrogens with one attached hydrogen (secondary N) is 1. The maximum atomic E-state index is 3.35. The summed E-state index contributed by atoms with van der Waals surface area (Å²) < 4.78 is 0. The minimum Gasteiger partial charge on any atom is -0.314 e. The molecule has 1 unspecified atom stereocenters. The van der Waals surface area contributed by atoms with Crippen molar-refractivity contribution in [1.82, 2.24) is 10.2 Å². The Hall–Kier alpha value is -0.0800. The summed E-state index contributed by atoms with van der Waals surface area (Å²) >= 11 is 0. The van der Waals surface area contributed by atoms with Gasteiger partial charge in [0.25, 0.3) is 0 Å². The van der Waals surface area contributed by atoms with E-state index in [4.69, 9.17) is 0 Å². The molecule has 1 saturated heterocycles. The van der Waals surface area contributed by atoms with Gasteiger partial charge in [-0.05, 0) is 25.8 Å². The summed E-state index contributed by atoms with van der Waals surface area (Å²) in [5.41, 5.74) is 0. The molecule has 0 aromatic carbocycles. The van der Waals surface area contributed by atoms with E-state index in [1.54, 1.807) is 0 Å². The second-order valence-corrected chi connectivity index (χ2v) is 4.53. The van der Waals surface area contributed by atoms with Crippen LogP contribution in [0.2, 0.25) is 0 Å². The summed E-state index contributed by atoms with van der Waals surface area (Å²) in [6.45, 7) is 12.9. The van der Waals surface area contributed by atoms with Crippen molar-refractivity contribution in [2.75, 3.05) is 19.6 Å². The molecule has 2 nitrogen and oxygen atoms in total. The van der Waals surface area contributed by atoms with Crippen LogP contribution in [-0.4, -0.2) is 36.6 Å². The minimum absolute atomic E-state index is 0.729. The van der Waals surface area contributed by atoms with Gasteiger partial charge >= 0.3 is 0 Å². The SMILES string of the molecule is CCCN(C1CNC1)C(C)C(C)C. The van der Waals surface area contributed by atoms with Crippen molar-refractivity contribution in [1.29, 1.82) is 0 Å². The summed E-state index contributed by atoms with van der Waals surface area (Å²) in [6, 6.07) is 1.53. The Morgan fingerprint density at radius 2 is 1.92 bits per heavy atom. The third-order valence-electron chi connectivity index (χ3n) is 3.20. The zero-order valence-electron chi connectivity index (χ0n) is 9.51. The van der Waals surface area contributed by atoms with Gasteiger partial charge in [-0.1, -0.05) is 20.8 Å². The lowest BCUT2D eigenvalue weighted by molar-refractivity contribution is 0.0796. The van der Waals surface area contributed by atoms with Gasteiger partial charge in [-0.3, -0.25) is 4.90 Å². The Kier molecular flexibility index (Phi) is 4.20. The highest BCUT2D eigenvalue weighted by Gasteiger charge is 2.28. The van der Waals surface area contributed by atoms with Crippen molar-refractivity contribution in [3.63, 3.8) is 0 Å². The molecule has 1 heterocycles. The fraction of sp³-hybridized carbons (Fsp3) is 1.00. The molecule has 1 rings (SSSR count). The Bertz CT molecular complexity index is 141. The number of nitrogens with zero attached hydrogens (tertiary/aromatic N) is 1. The molecule has 0 saturated carbocycles. The van der Waals surface area contributed by atoms with Gasteiger partial charge in [-0.25, -0.2) is 0 Å². The fourth-order valence-electron chi connectivity index (χ4n) is 1.87. The predicted octanol–water partition coefficient (Wildman–Crippen LogP) is 1.71. The third kappa shape index (κ3) is 2.68. The van der Waals surface area contributed by atoms with Crippen molar-refractivity contribution >= 4 is 0 Å². The molecule has 0 aromatic rings. The molecule has 0 spiro atoms. The molecule has 0 aromatic heterocycles. The summed E-state index contributed by atoms with van der Waals surface area (Å²) in [5.74, 6) is 0.771. The van der Waals surface area contributed by atoms with E-state index in [2.05, 4.69) is 37.9 Å². The van der Waals surface area contributed by atoms with Crippen LogP contribution in [0.1, 0.15) is 34.1 Å². The lowest BCUT2D eigenvalue weighted by Gasteiger charge is -2.43. The van der Waals surface area contributed by atoms with Crippen LogP contribution >= 0.6 is 0 Å². The summed E-state index contributed by atoms with van der Waals surface area (Å²) in [6.07, 6.45) is 1.27. The maximum absolute atomic E-state index is 3.35. The summed E-state index contributed by atoms with van der Waals surface area (Å²) in [4.78, 5) is 2.67. The van der Waals surface area contributed by atoms with Crippen molar-refractivity contribution in [3.8, 4) is 0 Å². The standard InChI is InChI=1S/C11H24N2/c1-5-6-13(10(4)9(2)3)11-7-12-8-11/h9-12H,5-8H2,1-4H3. The molecule has 13 heavy (non-hydrogen) atoms. The van der Waals surface area contributed by atoms with Gasteiger partial charge in [0.05, 0.1) is 0 Å². The smallest absolute Gasteiger partial charge is 0.0348 e. The van der Waals surface area contributed by atoms with Gasteiger partial charge in [-0.2, -0.15) is 0 Å². The Morgan fingerprint density at radius 1 is 1.31 bits per heavy atom. The summed E-state index contributed by atoms with van der Waals surface area (Å²) in [7, 11) is 0. The number of rotatable bonds is 5. The van der Waals surface area contributed by atoms with Crippen LogP contribution in [0.3, 0.4) is 0 Å². The average molecular weight is 184 g/mol. The topological polar surface area (TPSA) is 15.3 Å². The van der Waals surface area contributed by atoms with Gasteiger partial charge < -0.3 is 5.32 Å². The first-order valence-corrected chi connectivity index (χ1v) is 5.63. The molecule has 0 radical (unpaired) electrons. The molecule has 1 aliphatic heterocycles. The third-order valence-corrected chi connectivity index (χ3v) is 3.20. The minimum atomic E-state index is 0.729. The van der Waals surface area contributed by atoms with E-state index in [9.17, 15) is 0 Å². The first kappa shape index (κ1) is 11.0. The van der Waals surface area contributed by atoms with Gasteiger partial charge in [0, 0.05) is 25.2 Å². The van der Waals surface area contributed by atoms with Crippen LogP contribution in [0.5, 0.6) is 0 Å². The highest BCUT2D eigenvalue weighted by molar-refractivity contribution is 4.87. The molecule has 1 fully saturated rings. The molecular weight excluding hydrogens is 160 g/mol. The van der Waals surface area contributed by atoms with Crippen LogP contribution in [0, 0.1) is 5.92 Å². The normalized spacial score (nSPS) is 20.8. The second kappa shape index (κ2) is 4.97. The van der Waals surface area contributed by atoms with Crippen LogP contribution in [0.4, 0.5) is 0 Å². The monoisotopic (exact) mass is 184 g/mol. The van der Waals surface area contributed by atoms with Crippen molar-refractivity contribution < 1.29 is 0 Å². The number of hydrogen-bond acceptors (Lipinski definition) is 2. The average Bonchev–Trinajstić information content (AvgIpc) is 1.99. The van der Waals surface area contributed by atoms with E-state index in [0.717, 1.165) is 18.0 Å². The second-order valence-electron chi connectivity index (χ2n) is 4.53. The van der Waals surface area contributed by atoms with E-state index < -0.39 is 0 Å². The molecular formula is C11H24N2. The van der Waals surface area contributed by atoms with Crippen molar-refractivity contribution in [3.05, 3.63) is 0 Å². The van der Waals surface area contributed by atoms with Crippen LogP contribution < -0.4 is 5.32 Å². The maximum Gasteiger partial charge on any atom is 0.0348 e. The van der Waals surface area contributed by atoms with Gasteiger partial charge in [-0.15, -0.1) is 0 Å². The lowest BCUT2D eigenvalue weighted by atomic mass is 10.00. The highest BCUT2D eigenvalue weighted by atomic mass is 15.3. The highest BCUT2D eigenvalue weighted by Crippen LogP contribution is 2.16. The molecule has 1 N–H and O–H groups in total. The lowest BCUT2D eigenvalue weighted by Crippen LogP contribution is -2.60. The fourth-order valence-corrected chi connectivity index (χ4v) is 1.87. The predicted molar refractivity (Wildman–Crippen MR) is 58.0 cm³/mol. The van der Waals surface area contributed by atoms with Crippen molar-refractivity contribution in [2.45, 2.75) is 46.2 Å². The van der Waals surface area contributed by atoms with E-state index in [0.29, 0.717) is 0 Å². The van der Waals surface area contributed by atoms with Crippen LogP contribution in [0.25, 0.3) is 0 Å². The quantitative estimate of drug-likeness (QED) is 0.700. The molecule has 78 valence electrons. The first-order valence-electron chi connectivity index (χ1n) is 5.63. The molecule has 1 aliphatic rings. The van der Waals surface area contributed by atoms with Gasteiger partial charge in [0.2, 0.25) is 0 Å². The Balaban J connectivity index is 2.44. The van der Waals surface area contributed by atoms with Crippen LogP contribution in [-0.2, 0) is 0 Å². The molecule has 2 heteroatoms. The zero-order chi connectivity index (χ0) is 9.84. The molecule has 0 bridgehead atoms. The molecule has 1 atom stereocenters. The van der Waals surface area contributed by atoms with Crippen LogP contribution in [0.15, 0.2) is 0 Å². The Morgan fingerprint density at radius 3 is 2.23 bits per heavy atom. The molecule has 0 aliphatic carbocycles. The number of hydrogen-bond donors (Lipinski definition) is 1. The van der Waals surface area contributed by atoms with E-state index >= 15 is 0 Å². The summed E-state index contributed by atoms with van der Waals surface area (Å²) in [5, 5.41) is 3.35. The van der Waals surface area contributed by atoms with Gasteiger partial charge in [0.15, 0.2) is 0 Å². The Labute approximate surface area is 82.7 Å². The van der Waals surface area contributed by atoms with E-state index in [-0.39, 0.29) is 0 Å². The van der Waals surface area contributed by atoms with E-state index in [1.807, 2.05) is 0 Å². The van der Waals surface area contributed by atoms with E-state index in [1.165, 1.54) is 26.1 Å². The largest absolute Gasteiger partial charge is 0.314 e. The van der Waals surface area contributed by atoms with Gasteiger partial charge in [0.1, 0.15) is 0 Å². The van der Waals surface area contributed by atoms with Crippen molar-refractivity contribution in [2.24, 2.45) is 5.92 Å². The first-order chi connectivity index (χ1) is 6.16. The zero-order valence-corrected chi connectivity index (χ0v) is 9.51.